The van der Waals surface area contributed by atoms with Crippen LogP contribution in [0.4, 0.5) is 0 Å². The third kappa shape index (κ3) is 3.60. The van der Waals surface area contributed by atoms with Crippen molar-refractivity contribution in [3.05, 3.63) is 64.7 Å². The van der Waals surface area contributed by atoms with Crippen molar-refractivity contribution in [2.24, 2.45) is 0 Å². The summed E-state index contributed by atoms with van der Waals surface area (Å²) in [6.45, 7) is 3.78. The summed E-state index contributed by atoms with van der Waals surface area (Å²) in [5.74, 6) is 0.971. The van der Waals surface area contributed by atoms with Crippen molar-refractivity contribution in [3.63, 3.8) is 0 Å². The zero-order valence-corrected chi connectivity index (χ0v) is 16.0. The van der Waals surface area contributed by atoms with E-state index in [1.54, 1.807) is 18.1 Å². The SMILES string of the molecule is CCSc1ncc(CN2CCc3[nH]cnc3[C@H]2c2ccc(Cl)nc2)cn1. The van der Waals surface area contributed by atoms with Gasteiger partial charge in [-0.25, -0.2) is 19.9 Å². The predicted molar refractivity (Wildman–Crippen MR) is 102 cm³/mol. The van der Waals surface area contributed by atoms with E-state index in [1.165, 1.54) is 5.69 Å². The minimum Gasteiger partial charge on any atom is -0.348 e. The Balaban J connectivity index is 1.62. The number of aromatic nitrogens is 5. The Bertz CT molecular complexity index is 864. The van der Waals surface area contributed by atoms with Crippen molar-refractivity contribution in [1.82, 2.24) is 29.8 Å². The lowest BCUT2D eigenvalue weighted by Gasteiger charge is -2.35. The average molecular weight is 387 g/mol. The molecule has 0 saturated carbocycles. The fraction of sp³-hybridized carbons (Fsp3) is 0.333. The Kier molecular flexibility index (Phi) is 5.19. The first-order valence-corrected chi connectivity index (χ1v) is 9.92. The number of nitrogens with zero attached hydrogens (tertiary/aromatic N) is 5. The third-order valence-corrected chi connectivity index (χ3v) is 5.41. The molecule has 1 aliphatic heterocycles. The highest BCUT2D eigenvalue weighted by Crippen LogP contribution is 2.34. The fourth-order valence-corrected chi connectivity index (χ4v) is 3.90. The molecule has 0 aliphatic carbocycles. The predicted octanol–water partition coefficient (Wildman–Crippen LogP) is 3.51. The smallest absolute Gasteiger partial charge is 0.187 e. The first-order chi connectivity index (χ1) is 12.7. The van der Waals surface area contributed by atoms with Crippen molar-refractivity contribution in [2.75, 3.05) is 12.3 Å². The first-order valence-electron chi connectivity index (χ1n) is 8.56. The molecule has 0 aromatic carbocycles. The number of thioether (sulfide) groups is 1. The van der Waals surface area contributed by atoms with Crippen molar-refractivity contribution < 1.29 is 0 Å². The average Bonchev–Trinajstić information content (AvgIpc) is 3.13. The molecule has 0 bridgehead atoms. The minimum absolute atomic E-state index is 0.0412. The Morgan fingerprint density at radius 3 is 2.77 bits per heavy atom. The highest BCUT2D eigenvalue weighted by atomic mass is 35.5. The second kappa shape index (κ2) is 7.73. The molecule has 4 rings (SSSR count). The molecule has 0 radical (unpaired) electrons. The minimum atomic E-state index is 0.0412. The van der Waals surface area contributed by atoms with Gasteiger partial charge in [-0.05, 0) is 17.4 Å². The normalized spacial score (nSPS) is 17.2. The molecular formula is C18H19ClN6S. The maximum absolute atomic E-state index is 5.97. The highest BCUT2D eigenvalue weighted by molar-refractivity contribution is 7.99. The summed E-state index contributed by atoms with van der Waals surface area (Å²) in [5, 5.41) is 1.32. The lowest BCUT2D eigenvalue weighted by Crippen LogP contribution is -2.36. The summed E-state index contributed by atoms with van der Waals surface area (Å²) in [5.41, 5.74) is 4.42. The topological polar surface area (TPSA) is 70.6 Å². The molecule has 3 aromatic heterocycles. The van der Waals surface area contributed by atoms with Crippen molar-refractivity contribution in [1.29, 1.82) is 0 Å². The Morgan fingerprint density at radius 1 is 1.19 bits per heavy atom. The van der Waals surface area contributed by atoms with Crippen LogP contribution >= 0.6 is 23.4 Å². The molecule has 1 N–H and O–H groups in total. The molecule has 0 fully saturated rings. The summed E-state index contributed by atoms with van der Waals surface area (Å²) in [4.78, 5) is 23.4. The van der Waals surface area contributed by atoms with E-state index in [4.69, 9.17) is 11.6 Å². The van der Waals surface area contributed by atoms with Gasteiger partial charge in [0.2, 0.25) is 0 Å². The summed E-state index contributed by atoms with van der Waals surface area (Å²) >= 11 is 7.62. The summed E-state index contributed by atoms with van der Waals surface area (Å²) < 4.78 is 0. The van der Waals surface area contributed by atoms with Gasteiger partial charge in [-0.2, -0.15) is 0 Å². The van der Waals surface area contributed by atoms with Crippen LogP contribution in [0.3, 0.4) is 0 Å². The van der Waals surface area contributed by atoms with Gasteiger partial charge in [0.1, 0.15) is 5.15 Å². The Labute approximate surface area is 161 Å². The van der Waals surface area contributed by atoms with E-state index in [0.717, 1.165) is 47.2 Å². The Morgan fingerprint density at radius 2 is 2.04 bits per heavy atom. The highest BCUT2D eigenvalue weighted by Gasteiger charge is 2.31. The van der Waals surface area contributed by atoms with Gasteiger partial charge in [-0.1, -0.05) is 36.4 Å². The van der Waals surface area contributed by atoms with Gasteiger partial charge in [0, 0.05) is 49.4 Å². The molecule has 0 amide bonds. The van der Waals surface area contributed by atoms with Crippen LogP contribution in [0.1, 0.15) is 35.5 Å². The number of H-pyrrole nitrogens is 1. The molecule has 0 saturated heterocycles. The van der Waals surface area contributed by atoms with Crippen molar-refractivity contribution in [3.8, 4) is 0 Å². The molecule has 1 aliphatic rings. The van der Waals surface area contributed by atoms with Crippen molar-refractivity contribution in [2.45, 2.75) is 31.1 Å². The van der Waals surface area contributed by atoms with E-state index in [2.05, 4.69) is 36.7 Å². The molecule has 0 unspecified atom stereocenters. The Hall–Kier alpha value is -1.96. The summed E-state index contributed by atoms with van der Waals surface area (Å²) in [6, 6.07) is 3.89. The van der Waals surface area contributed by atoms with Crippen molar-refractivity contribution >= 4 is 23.4 Å². The molecule has 4 heterocycles. The van der Waals surface area contributed by atoms with Crippen LogP contribution in [0.25, 0.3) is 0 Å². The van der Waals surface area contributed by atoms with Gasteiger partial charge in [0.25, 0.3) is 0 Å². The van der Waals surface area contributed by atoms with Gasteiger partial charge >= 0.3 is 0 Å². The molecule has 1 atom stereocenters. The number of imidazole rings is 1. The largest absolute Gasteiger partial charge is 0.348 e. The number of nitrogens with one attached hydrogen (secondary N) is 1. The second-order valence-corrected chi connectivity index (χ2v) is 7.73. The van der Waals surface area contributed by atoms with Gasteiger partial charge in [-0.3, -0.25) is 4.90 Å². The van der Waals surface area contributed by atoms with Crippen LogP contribution in [0.15, 0.2) is 42.2 Å². The van der Waals surface area contributed by atoms with Crippen LogP contribution in [-0.4, -0.2) is 42.1 Å². The van der Waals surface area contributed by atoms with E-state index in [9.17, 15) is 0 Å². The van der Waals surface area contributed by atoms with E-state index in [0.29, 0.717) is 5.15 Å². The number of rotatable bonds is 5. The van der Waals surface area contributed by atoms with E-state index in [1.807, 2.05) is 30.7 Å². The van der Waals surface area contributed by atoms with Gasteiger partial charge in [0.05, 0.1) is 18.1 Å². The number of halogens is 1. The fourth-order valence-electron chi connectivity index (χ4n) is 3.28. The third-order valence-electron chi connectivity index (χ3n) is 4.43. The lowest BCUT2D eigenvalue weighted by molar-refractivity contribution is 0.199. The number of aromatic amines is 1. The number of pyridine rings is 1. The molecule has 26 heavy (non-hydrogen) atoms. The monoisotopic (exact) mass is 386 g/mol. The zero-order chi connectivity index (χ0) is 17.9. The van der Waals surface area contributed by atoms with Crippen LogP contribution in [-0.2, 0) is 13.0 Å². The van der Waals surface area contributed by atoms with E-state index < -0.39 is 0 Å². The number of fused-ring (bicyclic) bond motifs is 1. The molecule has 6 nitrogen and oxygen atoms in total. The van der Waals surface area contributed by atoms with E-state index >= 15 is 0 Å². The quantitative estimate of drug-likeness (QED) is 0.411. The first kappa shape index (κ1) is 17.5. The summed E-state index contributed by atoms with van der Waals surface area (Å²) in [6.07, 6.45) is 8.38. The zero-order valence-electron chi connectivity index (χ0n) is 14.4. The lowest BCUT2D eigenvalue weighted by atomic mass is 9.96. The molecular weight excluding hydrogens is 368 g/mol. The standard InChI is InChI=1S/C18H19ClN6S/c1-2-26-18-21-7-12(8-22-18)10-25-6-5-14-16(24-11-23-14)17(25)13-3-4-15(19)20-9-13/h3-4,7-9,11,17H,2,5-6,10H2,1H3,(H,23,24)/t17-/m1/s1. The molecule has 134 valence electrons. The molecule has 0 spiro atoms. The number of hydrogen-bond acceptors (Lipinski definition) is 6. The van der Waals surface area contributed by atoms with Crippen LogP contribution in [0, 0.1) is 0 Å². The maximum Gasteiger partial charge on any atom is 0.187 e. The van der Waals surface area contributed by atoms with E-state index in [-0.39, 0.29) is 6.04 Å². The van der Waals surface area contributed by atoms with Gasteiger partial charge in [0.15, 0.2) is 5.16 Å². The maximum atomic E-state index is 5.97. The van der Waals surface area contributed by atoms with Crippen LogP contribution in [0.2, 0.25) is 5.15 Å². The van der Waals surface area contributed by atoms with Crippen LogP contribution < -0.4 is 0 Å². The van der Waals surface area contributed by atoms with Gasteiger partial charge in [-0.15, -0.1) is 0 Å². The molecule has 3 aromatic rings. The van der Waals surface area contributed by atoms with Crippen LogP contribution in [0.5, 0.6) is 0 Å². The summed E-state index contributed by atoms with van der Waals surface area (Å²) in [7, 11) is 0. The number of hydrogen-bond donors (Lipinski definition) is 1. The van der Waals surface area contributed by atoms with Gasteiger partial charge < -0.3 is 4.98 Å². The molecule has 8 heteroatoms. The second-order valence-electron chi connectivity index (χ2n) is 6.11.